The van der Waals surface area contributed by atoms with Gasteiger partial charge in [0, 0.05) is 44.8 Å². The van der Waals surface area contributed by atoms with Crippen molar-refractivity contribution in [1.29, 1.82) is 0 Å². The van der Waals surface area contributed by atoms with Gasteiger partial charge in [-0.05, 0) is 30.9 Å². The van der Waals surface area contributed by atoms with E-state index in [1.54, 1.807) is 0 Å². The van der Waals surface area contributed by atoms with Gasteiger partial charge >= 0.3 is 0 Å². The summed E-state index contributed by atoms with van der Waals surface area (Å²) in [7, 11) is 0. The van der Waals surface area contributed by atoms with Crippen molar-refractivity contribution >= 4 is 0 Å². The number of aryl methyl sites for hydroxylation is 1. The van der Waals surface area contributed by atoms with E-state index >= 15 is 0 Å². The van der Waals surface area contributed by atoms with E-state index in [4.69, 9.17) is 5.73 Å². The molecule has 0 aliphatic carbocycles. The smallest absolute Gasteiger partial charge is 0.0471 e. The maximum atomic E-state index is 6.07. The number of hydrogen-bond acceptors (Lipinski definition) is 3. The molecule has 2 unspecified atom stereocenters. The van der Waals surface area contributed by atoms with Gasteiger partial charge in [-0.2, -0.15) is 0 Å². The van der Waals surface area contributed by atoms with Crippen LogP contribution in [0, 0.1) is 0 Å². The Balaban J connectivity index is 1.98. The van der Waals surface area contributed by atoms with Gasteiger partial charge in [-0.15, -0.1) is 0 Å². The first kappa shape index (κ1) is 16.5. The van der Waals surface area contributed by atoms with Gasteiger partial charge in [0.1, 0.15) is 0 Å². The average molecular weight is 289 g/mol. The number of piperazine rings is 1. The largest absolute Gasteiger partial charge is 0.329 e. The molecule has 0 amide bonds. The van der Waals surface area contributed by atoms with Crippen LogP contribution in [0.3, 0.4) is 0 Å². The summed E-state index contributed by atoms with van der Waals surface area (Å²) in [6.07, 6.45) is 2.33. The standard InChI is InChI=1S/C18H31N3/c1-4-15(3)20-10-12-21(13-11-20)18(14-19)17-8-6-16(5-2)7-9-17/h6-9,15,18H,4-5,10-14,19H2,1-3H3. The first-order valence-corrected chi connectivity index (χ1v) is 8.46. The van der Waals surface area contributed by atoms with Crippen molar-refractivity contribution in [3.8, 4) is 0 Å². The zero-order valence-electron chi connectivity index (χ0n) is 13.9. The molecule has 1 heterocycles. The van der Waals surface area contributed by atoms with Gasteiger partial charge in [0.2, 0.25) is 0 Å². The number of nitrogens with zero attached hydrogens (tertiary/aromatic N) is 2. The highest BCUT2D eigenvalue weighted by molar-refractivity contribution is 5.25. The molecule has 1 aromatic rings. The third-order valence-corrected chi connectivity index (χ3v) is 5.00. The molecule has 1 aliphatic rings. The lowest BCUT2D eigenvalue weighted by Crippen LogP contribution is -2.51. The molecular formula is C18H31N3. The van der Waals surface area contributed by atoms with Crippen LogP contribution in [0.2, 0.25) is 0 Å². The molecule has 118 valence electrons. The monoisotopic (exact) mass is 289 g/mol. The summed E-state index contributed by atoms with van der Waals surface area (Å²) >= 11 is 0. The van der Waals surface area contributed by atoms with Crippen molar-refractivity contribution in [1.82, 2.24) is 9.80 Å². The van der Waals surface area contributed by atoms with Crippen molar-refractivity contribution in [3.63, 3.8) is 0 Å². The normalized spacial score (nSPS) is 20.4. The van der Waals surface area contributed by atoms with Crippen LogP contribution in [0.5, 0.6) is 0 Å². The lowest BCUT2D eigenvalue weighted by atomic mass is 10.0. The van der Waals surface area contributed by atoms with E-state index in [1.165, 1.54) is 30.6 Å². The Bertz CT molecular complexity index is 407. The summed E-state index contributed by atoms with van der Waals surface area (Å²) in [4.78, 5) is 5.16. The van der Waals surface area contributed by atoms with E-state index in [9.17, 15) is 0 Å². The number of rotatable bonds is 6. The molecule has 0 aromatic heterocycles. The molecule has 1 fully saturated rings. The fourth-order valence-electron chi connectivity index (χ4n) is 3.22. The molecule has 2 atom stereocenters. The average Bonchev–Trinajstić information content (AvgIpc) is 2.56. The summed E-state index contributed by atoms with van der Waals surface area (Å²) in [6, 6.07) is 10.1. The van der Waals surface area contributed by atoms with Crippen LogP contribution in [0.1, 0.15) is 44.4 Å². The SMILES string of the molecule is CCc1ccc(C(CN)N2CCN(C(C)CC)CC2)cc1. The Kier molecular flexibility index (Phi) is 6.22. The highest BCUT2D eigenvalue weighted by atomic mass is 15.3. The highest BCUT2D eigenvalue weighted by Gasteiger charge is 2.25. The highest BCUT2D eigenvalue weighted by Crippen LogP contribution is 2.22. The van der Waals surface area contributed by atoms with Gasteiger partial charge in [-0.1, -0.05) is 38.1 Å². The van der Waals surface area contributed by atoms with Crippen LogP contribution in [-0.4, -0.2) is 48.6 Å². The van der Waals surface area contributed by atoms with Crippen molar-refractivity contribution in [3.05, 3.63) is 35.4 Å². The fraction of sp³-hybridized carbons (Fsp3) is 0.667. The van der Waals surface area contributed by atoms with Crippen molar-refractivity contribution in [2.24, 2.45) is 5.73 Å². The minimum atomic E-state index is 0.370. The van der Waals surface area contributed by atoms with Gasteiger partial charge < -0.3 is 5.73 Å². The van der Waals surface area contributed by atoms with Crippen LogP contribution >= 0.6 is 0 Å². The van der Waals surface area contributed by atoms with Crippen molar-refractivity contribution in [2.45, 2.75) is 45.7 Å². The van der Waals surface area contributed by atoms with Gasteiger partial charge in [-0.3, -0.25) is 9.80 Å². The quantitative estimate of drug-likeness (QED) is 0.874. The van der Waals surface area contributed by atoms with Crippen LogP contribution in [0.4, 0.5) is 0 Å². The molecule has 21 heavy (non-hydrogen) atoms. The Morgan fingerprint density at radius 3 is 2.05 bits per heavy atom. The molecule has 0 bridgehead atoms. The maximum absolute atomic E-state index is 6.07. The van der Waals surface area contributed by atoms with E-state index < -0.39 is 0 Å². The number of benzene rings is 1. The third kappa shape index (κ3) is 4.06. The molecule has 1 aromatic carbocycles. The van der Waals surface area contributed by atoms with Gasteiger partial charge in [0.05, 0.1) is 0 Å². The molecule has 2 rings (SSSR count). The van der Waals surface area contributed by atoms with Crippen LogP contribution in [0.15, 0.2) is 24.3 Å². The second kappa shape index (κ2) is 7.92. The zero-order valence-corrected chi connectivity index (χ0v) is 13.9. The Labute approximate surface area is 130 Å². The lowest BCUT2D eigenvalue weighted by Gasteiger charge is -2.41. The molecule has 0 radical (unpaired) electrons. The summed E-state index contributed by atoms with van der Waals surface area (Å²) in [5, 5.41) is 0. The van der Waals surface area contributed by atoms with E-state index in [0.29, 0.717) is 18.6 Å². The van der Waals surface area contributed by atoms with E-state index in [-0.39, 0.29) is 0 Å². The molecule has 1 aliphatic heterocycles. The predicted molar refractivity (Wildman–Crippen MR) is 90.5 cm³/mol. The Morgan fingerprint density at radius 1 is 1.00 bits per heavy atom. The van der Waals surface area contributed by atoms with Crippen LogP contribution < -0.4 is 5.73 Å². The van der Waals surface area contributed by atoms with Gasteiger partial charge in [0.15, 0.2) is 0 Å². The topological polar surface area (TPSA) is 32.5 Å². The first-order chi connectivity index (χ1) is 10.2. The molecular weight excluding hydrogens is 258 g/mol. The predicted octanol–water partition coefficient (Wildman–Crippen LogP) is 2.66. The molecule has 1 saturated heterocycles. The van der Waals surface area contributed by atoms with Crippen molar-refractivity contribution < 1.29 is 0 Å². The summed E-state index contributed by atoms with van der Waals surface area (Å²) in [5.74, 6) is 0. The minimum absolute atomic E-state index is 0.370. The van der Waals surface area contributed by atoms with Crippen molar-refractivity contribution in [2.75, 3.05) is 32.7 Å². The summed E-state index contributed by atoms with van der Waals surface area (Å²) in [5.41, 5.74) is 8.84. The fourth-order valence-corrected chi connectivity index (χ4v) is 3.22. The molecule has 3 heteroatoms. The molecule has 3 nitrogen and oxygen atoms in total. The summed E-state index contributed by atoms with van der Waals surface area (Å²) < 4.78 is 0. The van der Waals surface area contributed by atoms with E-state index in [1.807, 2.05) is 0 Å². The number of nitrogens with two attached hydrogens (primary N) is 1. The molecule has 0 spiro atoms. The lowest BCUT2D eigenvalue weighted by molar-refractivity contribution is 0.0743. The summed E-state index contributed by atoms with van der Waals surface area (Å²) in [6.45, 7) is 12.1. The van der Waals surface area contributed by atoms with E-state index in [0.717, 1.165) is 19.5 Å². The third-order valence-electron chi connectivity index (χ3n) is 5.00. The van der Waals surface area contributed by atoms with Crippen LogP contribution in [-0.2, 0) is 6.42 Å². The Hall–Kier alpha value is -0.900. The van der Waals surface area contributed by atoms with Crippen LogP contribution in [0.25, 0.3) is 0 Å². The van der Waals surface area contributed by atoms with E-state index in [2.05, 4.69) is 54.8 Å². The van der Waals surface area contributed by atoms with Gasteiger partial charge in [-0.25, -0.2) is 0 Å². The van der Waals surface area contributed by atoms with Gasteiger partial charge in [0.25, 0.3) is 0 Å². The Morgan fingerprint density at radius 2 is 1.57 bits per heavy atom. The minimum Gasteiger partial charge on any atom is -0.329 e. The second-order valence-electron chi connectivity index (χ2n) is 6.18. The zero-order chi connectivity index (χ0) is 15.2. The second-order valence-corrected chi connectivity index (χ2v) is 6.18. The first-order valence-electron chi connectivity index (χ1n) is 8.46. The molecule has 2 N–H and O–H groups in total. The number of hydrogen-bond donors (Lipinski definition) is 1. The maximum Gasteiger partial charge on any atom is 0.0471 e. The molecule has 0 saturated carbocycles.